The lowest BCUT2D eigenvalue weighted by molar-refractivity contribution is 0.172. The maximum atomic E-state index is 12.4. The number of aliphatic hydroxyl groups is 1. The first kappa shape index (κ1) is 26.5. The summed E-state index contributed by atoms with van der Waals surface area (Å²) in [6.07, 6.45) is 12.4. The smallest absolute Gasteiger partial charge is 0.238 e. The first-order valence-corrected chi connectivity index (χ1v) is 10.8. The first-order valence-electron chi connectivity index (χ1n) is 10.8. The fourth-order valence-electron chi connectivity index (χ4n) is 3.44. The zero-order valence-electron chi connectivity index (χ0n) is 20.3. The number of rotatable bonds is 11. The molecule has 0 aliphatic heterocycles. The van der Waals surface area contributed by atoms with Gasteiger partial charge in [-0.05, 0) is 46.1 Å². The molecule has 1 heterocycles. The lowest BCUT2D eigenvalue weighted by Gasteiger charge is -2.17. The standard InChI is InChI=1S/C26H39NO4/c1-9-11-19(4)23(28)20(5)16-18(3)13-10-12-17(2)14-15-22-21(6)24(29)25(30-7)26(27-22)31-8/h10-11,13-14,16,20,23,28H,9,12,15H2,1-8H3,(H,27,29). The molecule has 0 saturated heterocycles. The third kappa shape index (κ3) is 7.91. The predicted molar refractivity (Wildman–Crippen MR) is 129 cm³/mol. The van der Waals surface area contributed by atoms with E-state index in [4.69, 9.17) is 9.47 Å². The second-order valence-electron chi connectivity index (χ2n) is 8.06. The predicted octanol–water partition coefficient (Wildman–Crippen LogP) is 5.44. The van der Waals surface area contributed by atoms with Gasteiger partial charge in [0.1, 0.15) is 0 Å². The third-order valence-electron chi connectivity index (χ3n) is 5.37. The fourth-order valence-corrected chi connectivity index (χ4v) is 3.44. The highest BCUT2D eigenvalue weighted by atomic mass is 16.5. The number of methoxy groups -OCH3 is 2. The van der Waals surface area contributed by atoms with E-state index in [1.54, 1.807) is 6.92 Å². The Hall–Kier alpha value is -2.53. The van der Waals surface area contributed by atoms with Gasteiger partial charge in [0.25, 0.3) is 0 Å². The Morgan fingerprint density at radius 3 is 2.42 bits per heavy atom. The Bertz CT molecular complexity index is 903. The fraction of sp³-hybridized carbons (Fsp3) is 0.500. The number of pyridine rings is 1. The van der Waals surface area contributed by atoms with Crippen LogP contribution in [0.1, 0.15) is 58.7 Å². The summed E-state index contributed by atoms with van der Waals surface area (Å²) in [7, 11) is 2.97. The van der Waals surface area contributed by atoms with Crippen LogP contribution in [0.15, 0.2) is 51.9 Å². The van der Waals surface area contributed by atoms with E-state index in [0.29, 0.717) is 17.9 Å². The summed E-state index contributed by atoms with van der Waals surface area (Å²) in [6, 6.07) is 0. The summed E-state index contributed by atoms with van der Waals surface area (Å²) in [4.78, 5) is 15.6. The minimum Gasteiger partial charge on any atom is -0.488 e. The van der Waals surface area contributed by atoms with E-state index >= 15 is 0 Å². The van der Waals surface area contributed by atoms with Crippen molar-refractivity contribution in [2.45, 2.75) is 66.9 Å². The van der Waals surface area contributed by atoms with Crippen molar-refractivity contribution in [2.75, 3.05) is 14.2 Å². The average Bonchev–Trinajstić information content (AvgIpc) is 2.73. The molecule has 0 spiro atoms. The summed E-state index contributed by atoms with van der Waals surface area (Å²) in [6.45, 7) is 12.0. The molecule has 2 N–H and O–H groups in total. The molecule has 0 saturated carbocycles. The Kier molecular flexibility index (Phi) is 11.1. The number of H-pyrrole nitrogens is 1. The number of hydrogen-bond acceptors (Lipinski definition) is 4. The summed E-state index contributed by atoms with van der Waals surface area (Å²) in [5, 5.41) is 10.4. The van der Waals surface area contributed by atoms with Gasteiger partial charge in [0.05, 0.1) is 20.3 Å². The van der Waals surface area contributed by atoms with E-state index in [1.165, 1.54) is 19.8 Å². The molecule has 0 aliphatic rings. The molecule has 2 atom stereocenters. The van der Waals surface area contributed by atoms with Crippen LogP contribution in [-0.2, 0) is 6.42 Å². The van der Waals surface area contributed by atoms with E-state index in [1.807, 2.05) is 13.8 Å². The second kappa shape index (κ2) is 13.0. The Morgan fingerprint density at radius 1 is 1.16 bits per heavy atom. The summed E-state index contributed by atoms with van der Waals surface area (Å²) in [5.74, 6) is 0.614. The topological polar surface area (TPSA) is 71.6 Å². The lowest BCUT2D eigenvalue weighted by atomic mass is 9.95. The lowest BCUT2D eigenvalue weighted by Crippen LogP contribution is -2.17. The van der Waals surface area contributed by atoms with Crippen LogP contribution in [0, 0.1) is 12.8 Å². The van der Waals surface area contributed by atoms with Gasteiger partial charge in [-0.1, -0.05) is 55.4 Å². The maximum Gasteiger partial charge on any atom is 0.238 e. The number of aliphatic hydroxyl groups excluding tert-OH is 1. The van der Waals surface area contributed by atoms with Crippen LogP contribution < -0.4 is 14.9 Å². The molecule has 5 heteroatoms. The molecule has 0 aromatic carbocycles. The van der Waals surface area contributed by atoms with Gasteiger partial charge >= 0.3 is 0 Å². The molecule has 2 unspecified atom stereocenters. The Morgan fingerprint density at radius 2 is 1.84 bits per heavy atom. The van der Waals surface area contributed by atoms with E-state index < -0.39 is 6.10 Å². The van der Waals surface area contributed by atoms with Crippen molar-refractivity contribution in [2.24, 2.45) is 5.92 Å². The van der Waals surface area contributed by atoms with Gasteiger partial charge in [0.2, 0.25) is 17.1 Å². The number of nitrogens with one attached hydrogen (secondary N) is 1. The normalized spacial score (nSPS) is 15.3. The van der Waals surface area contributed by atoms with E-state index in [0.717, 1.165) is 29.7 Å². The van der Waals surface area contributed by atoms with Crippen molar-refractivity contribution in [3.8, 4) is 11.6 Å². The molecule has 172 valence electrons. The van der Waals surface area contributed by atoms with Gasteiger partial charge in [0.15, 0.2) is 0 Å². The molecule has 0 bridgehead atoms. The largest absolute Gasteiger partial charge is 0.488 e. The molecule has 31 heavy (non-hydrogen) atoms. The van der Waals surface area contributed by atoms with E-state index in [2.05, 4.69) is 56.1 Å². The second-order valence-corrected chi connectivity index (χ2v) is 8.06. The Labute approximate surface area is 187 Å². The Balaban J connectivity index is 2.79. The minimum absolute atomic E-state index is 0.0638. The highest BCUT2D eigenvalue weighted by Gasteiger charge is 2.15. The van der Waals surface area contributed by atoms with Gasteiger partial charge in [-0.3, -0.25) is 4.79 Å². The number of allylic oxidation sites excluding steroid dienone is 6. The van der Waals surface area contributed by atoms with Crippen LogP contribution in [0.25, 0.3) is 0 Å². The van der Waals surface area contributed by atoms with Crippen molar-refractivity contribution in [1.29, 1.82) is 0 Å². The molecular weight excluding hydrogens is 390 g/mol. The molecule has 1 aromatic heterocycles. The molecular formula is C26H39NO4. The quantitative estimate of drug-likeness (QED) is 0.363. The molecule has 0 fully saturated rings. The number of hydrogen-bond donors (Lipinski definition) is 2. The molecule has 1 rings (SSSR count). The molecule has 0 radical (unpaired) electrons. The third-order valence-corrected chi connectivity index (χ3v) is 5.37. The summed E-state index contributed by atoms with van der Waals surface area (Å²) < 4.78 is 10.4. The van der Waals surface area contributed by atoms with Crippen LogP contribution in [0.5, 0.6) is 11.6 Å². The van der Waals surface area contributed by atoms with Crippen molar-refractivity contribution in [3.05, 3.63) is 68.6 Å². The molecule has 1 aromatic rings. The number of ether oxygens (including phenoxy) is 2. The monoisotopic (exact) mass is 429 g/mol. The van der Waals surface area contributed by atoms with Crippen LogP contribution in [0.2, 0.25) is 0 Å². The highest BCUT2D eigenvalue weighted by Crippen LogP contribution is 2.22. The van der Waals surface area contributed by atoms with Crippen molar-refractivity contribution >= 4 is 0 Å². The van der Waals surface area contributed by atoms with Crippen molar-refractivity contribution in [1.82, 2.24) is 4.98 Å². The van der Waals surface area contributed by atoms with Gasteiger partial charge in [-0.15, -0.1) is 0 Å². The van der Waals surface area contributed by atoms with Gasteiger partial charge in [0, 0.05) is 23.6 Å². The SMILES string of the molecule is CCC=C(C)C(O)C(C)C=C(C)C=CCC(C)=CCc1[nH]c(OC)c(OC)c(=O)c1C. The first-order chi connectivity index (χ1) is 14.7. The summed E-state index contributed by atoms with van der Waals surface area (Å²) >= 11 is 0. The maximum absolute atomic E-state index is 12.4. The van der Waals surface area contributed by atoms with Crippen LogP contribution >= 0.6 is 0 Å². The molecule has 0 amide bonds. The van der Waals surface area contributed by atoms with E-state index in [9.17, 15) is 9.90 Å². The highest BCUT2D eigenvalue weighted by molar-refractivity contribution is 5.40. The van der Waals surface area contributed by atoms with Gasteiger partial charge in [-0.25, -0.2) is 0 Å². The minimum atomic E-state index is -0.447. The average molecular weight is 430 g/mol. The van der Waals surface area contributed by atoms with Crippen molar-refractivity contribution in [3.63, 3.8) is 0 Å². The zero-order chi connectivity index (χ0) is 23.6. The summed E-state index contributed by atoms with van der Waals surface area (Å²) in [5.41, 5.74) is 4.65. The number of aromatic amines is 1. The van der Waals surface area contributed by atoms with Crippen LogP contribution in [0.3, 0.4) is 0 Å². The molecule has 5 nitrogen and oxygen atoms in total. The zero-order valence-corrected chi connectivity index (χ0v) is 20.3. The van der Waals surface area contributed by atoms with Gasteiger partial charge in [-0.2, -0.15) is 0 Å². The van der Waals surface area contributed by atoms with Crippen LogP contribution in [-0.4, -0.2) is 30.4 Å². The number of aromatic nitrogens is 1. The van der Waals surface area contributed by atoms with Crippen LogP contribution in [0.4, 0.5) is 0 Å². The van der Waals surface area contributed by atoms with Gasteiger partial charge < -0.3 is 19.6 Å². The molecule has 0 aliphatic carbocycles. The van der Waals surface area contributed by atoms with Crippen molar-refractivity contribution < 1.29 is 14.6 Å². The van der Waals surface area contributed by atoms with E-state index in [-0.39, 0.29) is 17.1 Å².